The number of amides is 1. The highest BCUT2D eigenvalue weighted by Gasteiger charge is 2.25. The highest BCUT2D eigenvalue weighted by Crippen LogP contribution is 2.30. The van der Waals surface area contributed by atoms with Crippen molar-refractivity contribution in [2.45, 2.75) is 27.7 Å². The molecule has 0 aliphatic rings. The summed E-state index contributed by atoms with van der Waals surface area (Å²) in [4.78, 5) is 22.1. The van der Waals surface area contributed by atoms with Crippen LogP contribution in [-0.2, 0) is 7.05 Å². The molecule has 6 nitrogen and oxygen atoms in total. The van der Waals surface area contributed by atoms with E-state index in [1.807, 2.05) is 26.2 Å². The van der Waals surface area contributed by atoms with Gasteiger partial charge in [0.15, 0.2) is 10.8 Å². The maximum Gasteiger partial charge on any atom is 0.280 e. The zero-order chi connectivity index (χ0) is 19.6. The van der Waals surface area contributed by atoms with Crippen LogP contribution >= 0.6 is 23.7 Å². The van der Waals surface area contributed by atoms with E-state index in [2.05, 4.69) is 42.9 Å². The van der Waals surface area contributed by atoms with E-state index in [4.69, 9.17) is 4.98 Å². The third-order valence-corrected chi connectivity index (χ3v) is 5.80. The summed E-state index contributed by atoms with van der Waals surface area (Å²) in [6, 6.07) is 6.19. The second-order valence-corrected chi connectivity index (χ2v) is 7.79. The van der Waals surface area contributed by atoms with Gasteiger partial charge >= 0.3 is 0 Å². The molecule has 0 radical (unpaired) electrons. The summed E-state index contributed by atoms with van der Waals surface area (Å²) in [5, 5.41) is 5.11. The Morgan fingerprint density at radius 2 is 1.89 bits per heavy atom. The maximum atomic E-state index is 13.3. The normalized spacial score (nSPS) is 11.1. The summed E-state index contributed by atoms with van der Waals surface area (Å²) < 4.78 is 2.79. The number of carbonyl (C=O) groups excluding carboxylic acids is 1. The third-order valence-electron chi connectivity index (χ3n) is 4.76. The molecular weight excluding hydrogens is 394 g/mol. The molecule has 1 aromatic carbocycles. The summed E-state index contributed by atoms with van der Waals surface area (Å²) in [5.74, 6) is -0.0870. The summed E-state index contributed by atoms with van der Waals surface area (Å²) in [5.41, 5.74) is 3.50. The van der Waals surface area contributed by atoms with Crippen molar-refractivity contribution >= 4 is 45.0 Å². The van der Waals surface area contributed by atoms with Crippen LogP contribution in [0.15, 0.2) is 24.4 Å². The largest absolute Gasteiger partial charge is 0.302 e. The van der Waals surface area contributed by atoms with Crippen molar-refractivity contribution in [3.8, 4) is 0 Å². The first-order chi connectivity index (χ1) is 12.9. The molecule has 0 saturated heterocycles. The van der Waals surface area contributed by atoms with Gasteiger partial charge in [0, 0.05) is 31.9 Å². The van der Waals surface area contributed by atoms with Gasteiger partial charge in [-0.1, -0.05) is 31.3 Å². The maximum absolute atomic E-state index is 13.3. The van der Waals surface area contributed by atoms with Crippen molar-refractivity contribution in [1.82, 2.24) is 19.7 Å². The first-order valence-corrected chi connectivity index (χ1v) is 10.2. The molecule has 0 N–H and O–H groups in total. The number of hydrogen-bond acceptors (Lipinski definition) is 5. The fourth-order valence-electron chi connectivity index (χ4n) is 3.15. The lowest BCUT2D eigenvalue weighted by molar-refractivity contribution is 0.0977. The number of anilines is 1. The fourth-order valence-corrected chi connectivity index (χ4v) is 4.23. The van der Waals surface area contributed by atoms with E-state index in [1.165, 1.54) is 5.56 Å². The van der Waals surface area contributed by atoms with Crippen LogP contribution in [0.2, 0.25) is 0 Å². The quantitative estimate of drug-likeness (QED) is 0.577. The lowest BCUT2D eigenvalue weighted by Crippen LogP contribution is -2.39. The van der Waals surface area contributed by atoms with Gasteiger partial charge in [-0.3, -0.25) is 14.4 Å². The summed E-state index contributed by atoms with van der Waals surface area (Å²) in [6.07, 6.45) is 1.87. The summed E-state index contributed by atoms with van der Waals surface area (Å²) >= 11 is 1.56. The van der Waals surface area contributed by atoms with Gasteiger partial charge in [-0.25, -0.2) is 4.98 Å². The molecule has 28 heavy (non-hydrogen) atoms. The number of likely N-dealkylation sites (N-methyl/N-ethyl adjacent to an activating group) is 1. The molecule has 2 heterocycles. The van der Waals surface area contributed by atoms with E-state index >= 15 is 0 Å². The van der Waals surface area contributed by atoms with Crippen molar-refractivity contribution in [3.63, 3.8) is 0 Å². The van der Waals surface area contributed by atoms with E-state index in [1.54, 1.807) is 20.9 Å². The Labute approximate surface area is 176 Å². The van der Waals surface area contributed by atoms with Crippen LogP contribution in [0.4, 0.5) is 5.13 Å². The molecule has 0 aliphatic heterocycles. The van der Waals surface area contributed by atoms with E-state index < -0.39 is 0 Å². The number of carbonyl (C=O) groups is 1. The molecule has 3 aromatic rings. The second-order valence-electron chi connectivity index (χ2n) is 6.79. The van der Waals surface area contributed by atoms with Crippen LogP contribution in [0.1, 0.15) is 35.5 Å². The molecule has 0 aliphatic carbocycles. The topological polar surface area (TPSA) is 54.3 Å². The SMILES string of the molecule is CCN(CC)CCN(C(=O)c1nn(C)cc1C)c1nc2ccc(C)cc2s1.Cl. The Hall–Kier alpha value is -1.96. The zero-order valence-electron chi connectivity index (χ0n) is 17.1. The predicted molar refractivity (Wildman–Crippen MR) is 119 cm³/mol. The van der Waals surface area contributed by atoms with Crippen LogP contribution in [0.25, 0.3) is 10.2 Å². The van der Waals surface area contributed by atoms with Crippen molar-refractivity contribution in [2.75, 3.05) is 31.1 Å². The number of halogens is 1. The lowest BCUT2D eigenvalue weighted by Gasteiger charge is -2.24. The standard InChI is InChI=1S/C20H27N5OS.ClH/c1-6-24(7-2)10-11-25(19(26)18-15(4)13-23(5)22-18)20-21-16-9-8-14(3)12-17(16)27-20;/h8-9,12-13H,6-7,10-11H2,1-5H3;1H. The number of aromatic nitrogens is 3. The average molecular weight is 422 g/mol. The minimum absolute atomic E-state index is 0. The Morgan fingerprint density at radius 3 is 2.50 bits per heavy atom. The van der Waals surface area contributed by atoms with E-state index in [0.29, 0.717) is 12.2 Å². The summed E-state index contributed by atoms with van der Waals surface area (Å²) in [6.45, 7) is 11.6. The molecule has 0 atom stereocenters. The van der Waals surface area contributed by atoms with Crippen molar-refractivity contribution < 1.29 is 4.79 Å². The van der Waals surface area contributed by atoms with Gasteiger partial charge in [-0.05, 0) is 44.6 Å². The molecule has 0 bridgehead atoms. The van der Waals surface area contributed by atoms with Gasteiger partial charge in [0.25, 0.3) is 5.91 Å². The van der Waals surface area contributed by atoms with Crippen LogP contribution in [-0.4, -0.2) is 51.8 Å². The molecule has 1 amide bonds. The zero-order valence-corrected chi connectivity index (χ0v) is 18.7. The summed E-state index contributed by atoms with van der Waals surface area (Å²) in [7, 11) is 1.84. The Bertz CT molecular complexity index is 947. The van der Waals surface area contributed by atoms with Crippen LogP contribution in [0.3, 0.4) is 0 Å². The first-order valence-electron chi connectivity index (χ1n) is 9.34. The molecular formula is C20H28ClN5OS. The highest BCUT2D eigenvalue weighted by molar-refractivity contribution is 7.22. The van der Waals surface area contributed by atoms with Gasteiger partial charge in [-0.15, -0.1) is 12.4 Å². The Balaban J connectivity index is 0.00000280. The number of nitrogens with zero attached hydrogens (tertiary/aromatic N) is 5. The van der Waals surface area contributed by atoms with E-state index in [9.17, 15) is 4.79 Å². The van der Waals surface area contributed by atoms with Gasteiger partial charge in [0.05, 0.1) is 10.2 Å². The monoisotopic (exact) mass is 421 g/mol. The van der Waals surface area contributed by atoms with E-state index in [0.717, 1.165) is 40.5 Å². The number of benzene rings is 1. The average Bonchev–Trinajstić information content (AvgIpc) is 3.20. The van der Waals surface area contributed by atoms with Gasteiger partial charge in [0.1, 0.15) is 0 Å². The molecule has 3 rings (SSSR count). The number of rotatable bonds is 7. The molecule has 0 saturated carbocycles. The van der Waals surface area contributed by atoms with Crippen LogP contribution in [0, 0.1) is 13.8 Å². The molecule has 2 aromatic heterocycles. The fraction of sp³-hybridized carbons (Fsp3) is 0.450. The number of hydrogen-bond donors (Lipinski definition) is 0. The Morgan fingerprint density at radius 1 is 1.18 bits per heavy atom. The number of thiazole rings is 1. The molecule has 8 heteroatoms. The van der Waals surface area contributed by atoms with Crippen molar-refractivity contribution in [1.29, 1.82) is 0 Å². The van der Waals surface area contributed by atoms with Crippen molar-refractivity contribution in [3.05, 3.63) is 41.2 Å². The van der Waals surface area contributed by atoms with Gasteiger partial charge in [-0.2, -0.15) is 5.10 Å². The predicted octanol–water partition coefficient (Wildman–Crippen LogP) is 4.06. The number of aryl methyl sites for hydroxylation is 3. The smallest absolute Gasteiger partial charge is 0.280 e. The molecule has 152 valence electrons. The highest BCUT2D eigenvalue weighted by atomic mass is 35.5. The van der Waals surface area contributed by atoms with Crippen LogP contribution in [0.5, 0.6) is 0 Å². The minimum Gasteiger partial charge on any atom is -0.302 e. The Kier molecular flexibility index (Phi) is 7.57. The second kappa shape index (κ2) is 9.49. The third kappa shape index (κ3) is 4.71. The van der Waals surface area contributed by atoms with Gasteiger partial charge in [0.2, 0.25) is 0 Å². The first kappa shape index (κ1) is 22.3. The molecule has 0 fully saturated rings. The number of fused-ring (bicyclic) bond motifs is 1. The van der Waals surface area contributed by atoms with Crippen LogP contribution < -0.4 is 4.90 Å². The molecule has 0 spiro atoms. The molecule has 0 unspecified atom stereocenters. The lowest BCUT2D eigenvalue weighted by atomic mass is 10.2. The van der Waals surface area contributed by atoms with Crippen molar-refractivity contribution in [2.24, 2.45) is 7.05 Å². The van der Waals surface area contributed by atoms with E-state index in [-0.39, 0.29) is 18.3 Å². The minimum atomic E-state index is -0.0870. The van der Waals surface area contributed by atoms with Gasteiger partial charge < -0.3 is 4.90 Å².